The summed E-state index contributed by atoms with van der Waals surface area (Å²) < 4.78 is 60.4. The molecule has 10 heteroatoms. The molecule has 1 aromatic carbocycles. The Bertz CT molecular complexity index is 559. The highest BCUT2D eigenvalue weighted by Crippen LogP contribution is 2.24. The Labute approximate surface area is 111 Å². The van der Waals surface area contributed by atoms with Crippen molar-refractivity contribution in [1.29, 1.82) is 0 Å². The first kappa shape index (κ1) is 15.2. The van der Waals surface area contributed by atoms with Gasteiger partial charge in [-0.15, -0.1) is 0 Å². The van der Waals surface area contributed by atoms with Gasteiger partial charge in [0.25, 0.3) is 5.91 Å². The number of hydrogen-bond acceptors (Lipinski definition) is 3. The number of alkyl halides is 3. The summed E-state index contributed by atoms with van der Waals surface area (Å²) in [6, 6.07) is 5.54. The highest BCUT2D eigenvalue weighted by Gasteiger charge is 2.41. The van der Waals surface area contributed by atoms with Gasteiger partial charge in [0.05, 0.1) is 5.56 Å². The molecule has 5 nitrogen and oxygen atoms in total. The number of sulfonamides is 1. The second-order valence-electron chi connectivity index (χ2n) is 2.92. The van der Waals surface area contributed by atoms with Gasteiger partial charge in [-0.1, -0.05) is 12.1 Å². The van der Waals surface area contributed by atoms with Crippen molar-refractivity contribution in [2.45, 2.75) is 5.51 Å². The van der Waals surface area contributed by atoms with Gasteiger partial charge in [0.15, 0.2) is 3.57 Å². The smallest absolute Gasteiger partial charge is 0.365 e. The van der Waals surface area contributed by atoms with Crippen LogP contribution >= 0.6 is 0 Å². The molecule has 0 spiro atoms. The molecule has 0 heterocycles. The number of nitrogens with zero attached hydrogens (tertiary/aromatic N) is 1. The Kier molecular flexibility index (Phi) is 4.55. The van der Waals surface area contributed by atoms with E-state index in [1.54, 1.807) is 0 Å². The molecule has 0 unspecified atom stereocenters. The van der Waals surface area contributed by atoms with Gasteiger partial charge in [0.1, 0.15) is 0 Å². The predicted molar refractivity (Wildman–Crippen MR) is 52.0 cm³/mol. The zero-order valence-electron chi connectivity index (χ0n) is 8.48. The molecule has 0 aliphatic rings. The van der Waals surface area contributed by atoms with Crippen molar-refractivity contribution in [2.24, 2.45) is 5.73 Å². The van der Waals surface area contributed by atoms with Crippen LogP contribution < -0.4 is 27.2 Å². The minimum atomic E-state index is -5.52. The molecule has 0 radical (unpaired) electrons. The fourth-order valence-corrected chi connectivity index (χ4v) is 4.26. The summed E-state index contributed by atoms with van der Waals surface area (Å²) in [6.07, 6.45) is 0. The highest BCUT2D eigenvalue weighted by molar-refractivity contribution is 7.94. The SMILES string of the molecule is NC(=O)c1ccccc1[I+][N-]S(=O)(=O)C(F)(F)F. The average Bonchev–Trinajstić information content (AvgIpc) is 2.25. The number of carbonyl (C=O) groups excluding carboxylic acids is 1. The third-order valence-corrected chi connectivity index (χ3v) is 6.09. The lowest BCUT2D eigenvalue weighted by Gasteiger charge is -2.11. The molecular weight excluding hydrogens is 388 g/mol. The average molecular weight is 394 g/mol. The van der Waals surface area contributed by atoms with Crippen LogP contribution in [0.4, 0.5) is 13.2 Å². The quantitative estimate of drug-likeness (QED) is 0.610. The number of hydrogen-bond donors (Lipinski definition) is 1. The van der Waals surface area contributed by atoms with E-state index in [-0.39, 0.29) is 9.13 Å². The van der Waals surface area contributed by atoms with Crippen molar-refractivity contribution in [3.05, 3.63) is 36.3 Å². The van der Waals surface area contributed by atoms with Gasteiger partial charge in [0.2, 0.25) is 31.5 Å². The van der Waals surface area contributed by atoms with Crippen molar-refractivity contribution in [3.8, 4) is 0 Å². The molecule has 1 aromatic rings. The lowest BCUT2D eigenvalue weighted by Crippen LogP contribution is -3.59. The maximum atomic E-state index is 12.0. The van der Waals surface area contributed by atoms with E-state index < -0.39 is 42.9 Å². The van der Waals surface area contributed by atoms with E-state index in [4.69, 9.17) is 5.73 Å². The Balaban J connectivity index is 2.92. The number of amides is 1. The topological polar surface area (TPSA) is 91.3 Å². The maximum absolute atomic E-state index is 12.0. The van der Waals surface area contributed by atoms with Crippen LogP contribution in [-0.4, -0.2) is 19.8 Å². The highest BCUT2D eigenvalue weighted by atomic mass is 127. The number of primary amides is 1. The standard InChI is InChI=1S/C8H6F3IN2O3S/c9-8(10,11)18(16,17)14-12-6-4-2-1-3-5(6)7(13)15/h1-4H,(H2,13,15). The van der Waals surface area contributed by atoms with Gasteiger partial charge >= 0.3 is 5.51 Å². The number of nitrogens with two attached hydrogens (primary N) is 1. The molecule has 0 aliphatic heterocycles. The molecule has 0 saturated carbocycles. The van der Waals surface area contributed by atoms with Crippen molar-refractivity contribution in [1.82, 2.24) is 0 Å². The summed E-state index contributed by atoms with van der Waals surface area (Å²) in [6.45, 7) is 0. The molecule has 0 bridgehead atoms. The van der Waals surface area contributed by atoms with E-state index in [1.807, 2.05) is 0 Å². The number of benzene rings is 1. The lowest BCUT2D eigenvalue weighted by molar-refractivity contribution is -0.567. The molecule has 0 aromatic heterocycles. The molecule has 100 valence electrons. The largest absolute Gasteiger partial charge is 0.482 e. The normalized spacial score (nSPS) is 12.4. The first-order valence-electron chi connectivity index (χ1n) is 4.22. The van der Waals surface area contributed by atoms with Gasteiger partial charge < -0.3 is 5.73 Å². The zero-order chi connectivity index (χ0) is 14.0. The maximum Gasteiger partial charge on any atom is 0.482 e. The lowest BCUT2D eigenvalue weighted by atomic mass is 10.2. The van der Waals surface area contributed by atoms with E-state index in [0.717, 1.165) is 0 Å². The van der Waals surface area contributed by atoms with Crippen LogP contribution in [0.3, 0.4) is 0 Å². The van der Waals surface area contributed by atoms with Crippen molar-refractivity contribution in [3.63, 3.8) is 0 Å². The van der Waals surface area contributed by atoms with Crippen molar-refractivity contribution < 1.29 is 47.9 Å². The van der Waals surface area contributed by atoms with Crippen LogP contribution in [0.5, 0.6) is 0 Å². The molecule has 0 saturated heterocycles. The van der Waals surface area contributed by atoms with E-state index >= 15 is 0 Å². The van der Waals surface area contributed by atoms with Crippen molar-refractivity contribution in [2.75, 3.05) is 0 Å². The summed E-state index contributed by atoms with van der Waals surface area (Å²) in [7, 11) is -5.52. The monoisotopic (exact) mass is 394 g/mol. The molecule has 0 aliphatic carbocycles. The number of halogens is 4. The van der Waals surface area contributed by atoms with Crippen molar-refractivity contribution >= 4 is 15.9 Å². The summed E-state index contributed by atoms with van der Waals surface area (Å²) in [5.74, 6) is -0.843. The van der Waals surface area contributed by atoms with E-state index in [2.05, 4.69) is 2.94 Å². The van der Waals surface area contributed by atoms with Gasteiger partial charge in [-0.3, -0.25) is 7.73 Å². The number of rotatable bonds is 4. The minimum absolute atomic E-state index is 0.0218. The summed E-state index contributed by atoms with van der Waals surface area (Å²) in [5, 5.41) is 0. The molecular formula is C8H6F3IN2O3S. The van der Waals surface area contributed by atoms with Gasteiger partial charge in [0, 0.05) is 0 Å². The summed E-state index contributed by atoms with van der Waals surface area (Å²) in [5.41, 5.74) is -0.439. The zero-order valence-corrected chi connectivity index (χ0v) is 11.5. The fraction of sp³-hybridized carbons (Fsp3) is 0.125. The third kappa shape index (κ3) is 3.55. The van der Waals surface area contributed by atoms with Crippen LogP contribution in [0.1, 0.15) is 10.4 Å². The van der Waals surface area contributed by atoms with Crippen LogP contribution in [0.2, 0.25) is 0 Å². The Morgan fingerprint density at radius 1 is 1.28 bits per heavy atom. The minimum Gasteiger partial charge on any atom is -0.365 e. The molecule has 1 amide bonds. The van der Waals surface area contributed by atoms with Crippen LogP contribution in [0.25, 0.3) is 2.94 Å². The van der Waals surface area contributed by atoms with Gasteiger partial charge in [-0.2, -0.15) is 13.2 Å². The summed E-state index contributed by atoms with van der Waals surface area (Å²) >= 11 is -1.87. The fourth-order valence-electron chi connectivity index (χ4n) is 0.856. The van der Waals surface area contributed by atoms with Crippen LogP contribution in [0, 0.1) is 3.57 Å². The Morgan fingerprint density at radius 3 is 2.33 bits per heavy atom. The second kappa shape index (κ2) is 5.40. The number of carbonyl (C=O) groups is 1. The molecule has 18 heavy (non-hydrogen) atoms. The Morgan fingerprint density at radius 2 is 1.83 bits per heavy atom. The first-order chi connectivity index (χ1) is 8.15. The van der Waals surface area contributed by atoms with Gasteiger partial charge in [-0.05, 0) is 12.1 Å². The molecule has 0 atom stereocenters. The molecule has 0 fully saturated rings. The third-order valence-electron chi connectivity index (χ3n) is 1.65. The molecule has 2 N–H and O–H groups in total. The van der Waals surface area contributed by atoms with Crippen LogP contribution in [0.15, 0.2) is 24.3 Å². The van der Waals surface area contributed by atoms with Gasteiger partial charge in [-0.25, -0.2) is 8.42 Å². The van der Waals surface area contributed by atoms with E-state index in [9.17, 15) is 26.4 Å². The van der Waals surface area contributed by atoms with Crippen LogP contribution in [-0.2, 0) is 10.0 Å². The van der Waals surface area contributed by atoms with E-state index in [1.165, 1.54) is 24.3 Å². The van der Waals surface area contributed by atoms with E-state index in [0.29, 0.717) is 0 Å². The predicted octanol–water partition coefficient (Wildman–Crippen LogP) is -1.82. The molecule has 1 rings (SSSR count). The second-order valence-corrected chi connectivity index (χ2v) is 7.30. The Hall–Kier alpha value is -0.880. The first-order valence-corrected chi connectivity index (χ1v) is 7.70. The summed E-state index contributed by atoms with van der Waals surface area (Å²) in [4.78, 5) is 11.0.